The fraction of sp³-hybridized carbons (Fsp3) is 0.750. The molecule has 0 radical (unpaired) electrons. The fourth-order valence-corrected chi connectivity index (χ4v) is 3.73. The SMILES string of the molecule is CC(C)N1C(=O)C2C3CC(=O)C(C3)C2C1=O. The monoisotopic (exact) mass is 221 g/mol. The Bertz CT molecular complexity index is 401. The molecule has 1 heterocycles. The lowest BCUT2D eigenvalue weighted by Crippen LogP contribution is -2.38. The second-order valence-corrected chi connectivity index (χ2v) is 5.46. The van der Waals surface area contributed by atoms with E-state index < -0.39 is 0 Å². The third-order valence-corrected chi connectivity index (χ3v) is 4.32. The van der Waals surface area contributed by atoms with Gasteiger partial charge in [0.2, 0.25) is 11.8 Å². The third kappa shape index (κ3) is 0.975. The zero-order chi connectivity index (χ0) is 11.6. The largest absolute Gasteiger partial charge is 0.299 e. The smallest absolute Gasteiger partial charge is 0.234 e. The van der Waals surface area contributed by atoms with E-state index in [0.717, 1.165) is 6.42 Å². The number of Topliss-reactive ketones (excluding diaryl/α,β-unsaturated/α-hetero) is 1. The predicted molar refractivity (Wildman–Crippen MR) is 55.2 cm³/mol. The highest BCUT2D eigenvalue weighted by Crippen LogP contribution is 2.54. The molecule has 2 bridgehead atoms. The van der Waals surface area contributed by atoms with Crippen molar-refractivity contribution in [3.8, 4) is 0 Å². The van der Waals surface area contributed by atoms with Gasteiger partial charge in [0.05, 0.1) is 11.8 Å². The second-order valence-electron chi connectivity index (χ2n) is 5.46. The molecule has 1 aliphatic heterocycles. The van der Waals surface area contributed by atoms with Crippen LogP contribution in [0.4, 0.5) is 0 Å². The van der Waals surface area contributed by atoms with Gasteiger partial charge in [0.25, 0.3) is 0 Å². The van der Waals surface area contributed by atoms with Crippen molar-refractivity contribution in [1.82, 2.24) is 4.90 Å². The van der Waals surface area contributed by atoms with Crippen LogP contribution in [0.25, 0.3) is 0 Å². The molecule has 2 saturated carbocycles. The van der Waals surface area contributed by atoms with Gasteiger partial charge in [0, 0.05) is 18.4 Å². The van der Waals surface area contributed by atoms with Crippen LogP contribution in [0.3, 0.4) is 0 Å². The number of likely N-dealkylation sites (tertiary alicyclic amines) is 1. The summed E-state index contributed by atoms with van der Waals surface area (Å²) in [5.74, 6) is -0.467. The van der Waals surface area contributed by atoms with Crippen molar-refractivity contribution in [1.29, 1.82) is 0 Å². The summed E-state index contributed by atoms with van der Waals surface area (Å²) in [5.41, 5.74) is 0. The number of nitrogens with zero attached hydrogens (tertiary/aromatic N) is 1. The summed E-state index contributed by atoms with van der Waals surface area (Å²) in [6.07, 6.45) is 1.27. The van der Waals surface area contributed by atoms with E-state index in [2.05, 4.69) is 0 Å². The van der Waals surface area contributed by atoms with Crippen molar-refractivity contribution in [2.75, 3.05) is 0 Å². The van der Waals surface area contributed by atoms with E-state index in [1.807, 2.05) is 13.8 Å². The Morgan fingerprint density at radius 3 is 2.38 bits per heavy atom. The van der Waals surface area contributed by atoms with Crippen LogP contribution in [-0.2, 0) is 14.4 Å². The predicted octanol–water partition coefficient (Wildman–Crippen LogP) is 0.605. The van der Waals surface area contributed by atoms with Crippen LogP contribution < -0.4 is 0 Å². The van der Waals surface area contributed by atoms with Gasteiger partial charge < -0.3 is 0 Å². The van der Waals surface area contributed by atoms with Crippen LogP contribution in [0.1, 0.15) is 26.7 Å². The highest BCUT2D eigenvalue weighted by atomic mass is 16.2. The molecular weight excluding hydrogens is 206 g/mol. The fourth-order valence-electron chi connectivity index (χ4n) is 3.73. The van der Waals surface area contributed by atoms with Gasteiger partial charge in [-0.1, -0.05) is 0 Å². The molecule has 0 N–H and O–H groups in total. The van der Waals surface area contributed by atoms with Crippen LogP contribution in [0, 0.1) is 23.7 Å². The van der Waals surface area contributed by atoms with Gasteiger partial charge in [-0.2, -0.15) is 0 Å². The molecule has 1 saturated heterocycles. The Hall–Kier alpha value is -1.19. The molecule has 0 aromatic carbocycles. The van der Waals surface area contributed by atoms with Gasteiger partial charge in [-0.25, -0.2) is 0 Å². The molecule has 4 unspecified atom stereocenters. The maximum absolute atomic E-state index is 12.1. The molecule has 4 atom stereocenters. The standard InChI is InChI=1S/C12H15NO3/c1-5(2)13-11(15)9-6-3-7(8(14)4-6)10(9)12(13)16/h5-7,9-10H,3-4H2,1-2H3. The maximum atomic E-state index is 12.1. The first-order valence-corrected chi connectivity index (χ1v) is 5.92. The van der Waals surface area contributed by atoms with E-state index in [1.54, 1.807) is 0 Å². The molecule has 0 aromatic heterocycles. The number of hydrogen-bond acceptors (Lipinski definition) is 3. The van der Waals surface area contributed by atoms with Gasteiger partial charge in [0.15, 0.2) is 0 Å². The first kappa shape index (κ1) is 10.00. The van der Waals surface area contributed by atoms with E-state index in [9.17, 15) is 14.4 Å². The lowest BCUT2D eigenvalue weighted by atomic mass is 9.80. The molecule has 3 aliphatic rings. The first-order valence-electron chi connectivity index (χ1n) is 5.92. The van der Waals surface area contributed by atoms with Crippen molar-refractivity contribution >= 4 is 17.6 Å². The van der Waals surface area contributed by atoms with E-state index in [-0.39, 0.29) is 47.3 Å². The molecule has 2 aliphatic carbocycles. The summed E-state index contributed by atoms with van der Waals surface area (Å²) in [7, 11) is 0. The highest BCUT2D eigenvalue weighted by molar-refractivity contribution is 6.09. The van der Waals surface area contributed by atoms with Crippen LogP contribution in [0.15, 0.2) is 0 Å². The molecule has 3 fully saturated rings. The second kappa shape index (κ2) is 2.93. The first-order chi connectivity index (χ1) is 7.52. The van der Waals surface area contributed by atoms with E-state index in [1.165, 1.54) is 4.90 Å². The number of hydrogen-bond donors (Lipinski definition) is 0. The Kier molecular flexibility index (Phi) is 1.83. The van der Waals surface area contributed by atoms with E-state index in [0.29, 0.717) is 6.42 Å². The van der Waals surface area contributed by atoms with Crippen molar-refractivity contribution in [2.45, 2.75) is 32.7 Å². The summed E-state index contributed by atoms with van der Waals surface area (Å²) in [4.78, 5) is 37.2. The lowest BCUT2D eigenvalue weighted by molar-refractivity contribution is -0.143. The van der Waals surface area contributed by atoms with Crippen LogP contribution in [-0.4, -0.2) is 28.5 Å². The normalized spacial score (nSPS) is 41.4. The van der Waals surface area contributed by atoms with Gasteiger partial charge >= 0.3 is 0 Å². The Labute approximate surface area is 94.0 Å². The van der Waals surface area contributed by atoms with Gasteiger partial charge in [-0.05, 0) is 26.2 Å². The molecule has 0 spiro atoms. The molecule has 4 heteroatoms. The Balaban J connectivity index is 1.99. The van der Waals surface area contributed by atoms with Gasteiger partial charge in [-0.15, -0.1) is 0 Å². The van der Waals surface area contributed by atoms with Gasteiger partial charge in [-0.3, -0.25) is 19.3 Å². The number of fused-ring (bicyclic) bond motifs is 5. The zero-order valence-electron chi connectivity index (χ0n) is 9.47. The summed E-state index contributed by atoms with van der Waals surface area (Å²) < 4.78 is 0. The van der Waals surface area contributed by atoms with E-state index in [4.69, 9.17) is 0 Å². The number of carbonyl (C=O) groups excluding carboxylic acids is 3. The average molecular weight is 221 g/mol. The number of rotatable bonds is 1. The number of carbonyl (C=O) groups is 3. The van der Waals surface area contributed by atoms with E-state index >= 15 is 0 Å². The Morgan fingerprint density at radius 1 is 1.12 bits per heavy atom. The number of amides is 2. The van der Waals surface area contributed by atoms with Crippen molar-refractivity contribution in [3.63, 3.8) is 0 Å². The third-order valence-electron chi connectivity index (χ3n) is 4.32. The number of ketones is 1. The van der Waals surface area contributed by atoms with Crippen molar-refractivity contribution < 1.29 is 14.4 Å². The zero-order valence-corrected chi connectivity index (χ0v) is 9.47. The molecule has 86 valence electrons. The summed E-state index contributed by atoms with van der Waals surface area (Å²) in [5, 5.41) is 0. The quantitative estimate of drug-likeness (QED) is 0.609. The molecule has 0 aromatic rings. The molecule has 2 amide bonds. The highest BCUT2D eigenvalue weighted by Gasteiger charge is 2.64. The minimum Gasteiger partial charge on any atom is -0.299 e. The molecule has 16 heavy (non-hydrogen) atoms. The minimum absolute atomic E-state index is 0.0370. The number of imide groups is 1. The lowest BCUT2D eigenvalue weighted by Gasteiger charge is -2.20. The molecule has 4 nitrogen and oxygen atoms in total. The summed E-state index contributed by atoms with van der Waals surface area (Å²) in [6.45, 7) is 3.70. The average Bonchev–Trinajstić information content (AvgIpc) is 2.78. The molecular formula is C12H15NO3. The van der Waals surface area contributed by atoms with Gasteiger partial charge in [0.1, 0.15) is 5.78 Å². The topological polar surface area (TPSA) is 54.5 Å². The van der Waals surface area contributed by atoms with Crippen LogP contribution in [0.2, 0.25) is 0 Å². The van der Waals surface area contributed by atoms with Crippen LogP contribution >= 0.6 is 0 Å². The van der Waals surface area contributed by atoms with Crippen molar-refractivity contribution in [2.24, 2.45) is 23.7 Å². The van der Waals surface area contributed by atoms with Crippen LogP contribution in [0.5, 0.6) is 0 Å². The summed E-state index contributed by atoms with van der Waals surface area (Å²) in [6, 6.07) is -0.0832. The Morgan fingerprint density at radius 2 is 1.75 bits per heavy atom. The van der Waals surface area contributed by atoms with Crippen molar-refractivity contribution in [3.05, 3.63) is 0 Å². The minimum atomic E-state index is -0.318. The summed E-state index contributed by atoms with van der Waals surface area (Å²) >= 11 is 0. The maximum Gasteiger partial charge on any atom is 0.234 e. The molecule has 3 rings (SSSR count).